The molecule has 0 aromatic heterocycles. The number of unbranched alkanes of at least 4 members (excludes halogenated alkanes) is 18. The van der Waals surface area contributed by atoms with Crippen molar-refractivity contribution >= 4 is 23.9 Å². The van der Waals surface area contributed by atoms with Crippen LogP contribution in [0.25, 0.3) is 0 Å². The highest BCUT2D eigenvalue weighted by Crippen LogP contribution is 2.26. The van der Waals surface area contributed by atoms with Crippen LogP contribution >= 0.6 is 0 Å². The molecule has 0 amide bonds. The molecule has 1 aliphatic heterocycles. The van der Waals surface area contributed by atoms with E-state index in [0.717, 1.165) is 103 Å². The average Bonchev–Trinajstić information content (AvgIpc) is 3.39. The maximum atomic E-state index is 13.1. The molecule has 6 atom stereocenters. The summed E-state index contributed by atoms with van der Waals surface area (Å²) in [6, 6.07) is 0. The summed E-state index contributed by atoms with van der Waals surface area (Å²) in [5.41, 5.74) is 0. The summed E-state index contributed by atoms with van der Waals surface area (Å²) >= 11 is 0. The molecule has 0 radical (unpaired) electrons. The Balaban J connectivity index is 2.74. The summed E-state index contributed by atoms with van der Waals surface area (Å²) < 4.78 is 28.3. The van der Waals surface area contributed by atoms with E-state index in [2.05, 4.69) is 106 Å². The van der Waals surface area contributed by atoms with Crippen molar-refractivity contribution in [2.75, 3.05) is 13.2 Å². The number of aliphatic hydroxyl groups is 2. The van der Waals surface area contributed by atoms with Gasteiger partial charge in [0.1, 0.15) is 18.8 Å². The maximum Gasteiger partial charge on any atom is 0.335 e. The molecular formula is C63H102O12. The lowest BCUT2D eigenvalue weighted by Crippen LogP contribution is -2.61. The molecule has 12 heteroatoms. The number of allylic oxidation sites excluding steroid dienone is 16. The molecule has 1 rings (SSSR count). The molecule has 12 nitrogen and oxygen atoms in total. The first kappa shape index (κ1) is 68.7. The van der Waals surface area contributed by atoms with E-state index in [1.54, 1.807) is 0 Å². The number of aliphatic hydroxyl groups excluding tert-OH is 2. The van der Waals surface area contributed by atoms with Crippen LogP contribution in [0.1, 0.15) is 226 Å². The van der Waals surface area contributed by atoms with Gasteiger partial charge < -0.3 is 39.0 Å². The third-order valence-corrected chi connectivity index (χ3v) is 12.7. The number of ether oxygens (including phenoxy) is 5. The standard InChI is InChI=1S/C63H102O12/c1-4-7-10-13-16-19-22-25-27-28-30-33-36-39-42-45-48-51-57(66)74-61-59(68)58(67)60(62(69)70)75-63(61)72-53-54(73-56(65)50-47-44-41-38-35-31-24-21-18-15-12-9-6-3)52-71-55(64)49-46-43-40-37-34-32-29-26-23-20-17-14-11-8-5-2/h7-8,10-11,16-17,19-20,25-27,29-30,33,39,42,54,58-61,63,67-68H,4-6,9,12-15,18,21-24,28,31-32,34-38,40-41,43-53H2,1-3H3,(H,69,70)/b10-7-,11-8-,19-16-,20-17-,27-25-,29-26-,33-30-,42-39-. The lowest BCUT2D eigenvalue weighted by atomic mass is 9.98. The third-order valence-electron chi connectivity index (χ3n) is 12.7. The summed E-state index contributed by atoms with van der Waals surface area (Å²) in [6.07, 6.45) is 53.8. The highest BCUT2D eigenvalue weighted by atomic mass is 16.7. The van der Waals surface area contributed by atoms with Gasteiger partial charge in [0.15, 0.2) is 24.6 Å². The largest absolute Gasteiger partial charge is 0.479 e. The Kier molecular flexibility index (Phi) is 46.2. The van der Waals surface area contributed by atoms with Crippen molar-refractivity contribution in [1.29, 1.82) is 0 Å². The summed E-state index contributed by atoms with van der Waals surface area (Å²) in [7, 11) is 0. The fourth-order valence-electron chi connectivity index (χ4n) is 8.24. The van der Waals surface area contributed by atoms with Gasteiger partial charge in [0.25, 0.3) is 0 Å². The third kappa shape index (κ3) is 40.6. The molecule has 0 saturated carbocycles. The Bertz CT molecular complexity index is 1670. The maximum absolute atomic E-state index is 13.1. The molecule has 6 unspecified atom stereocenters. The van der Waals surface area contributed by atoms with Crippen molar-refractivity contribution in [3.05, 3.63) is 97.2 Å². The molecule has 1 saturated heterocycles. The van der Waals surface area contributed by atoms with Crippen LogP contribution < -0.4 is 0 Å². The highest BCUT2D eigenvalue weighted by Gasteiger charge is 2.50. The first-order valence-corrected chi connectivity index (χ1v) is 29.2. The average molecular weight is 1050 g/mol. The number of hydrogen-bond donors (Lipinski definition) is 3. The van der Waals surface area contributed by atoms with Crippen molar-refractivity contribution in [3.8, 4) is 0 Å². The fourth-order valence-corrected chi connectivity index (χ4v) is 8.24. The Hall–Kier alpha value is -4.36. The smallest absolute Gasteiger partial charge is 0.335 e. The van der Waals surface area contributed by atoms with Gasteiger partial charge in [-0.05, 0) is 89.9 Å². The van der Waals surface area contributed by atoms with Crippen LogP contribution in [0, 0.1) is 0 Å². The number of esters is 3. The predicted octanol–water partition coefficient (Wildman–Crippen LogP) is 14.9. The van der Waals surface area contributed by atoms with Crippen molar-refractivity contribution < 1.29 is 58.2 Å². The van der Waals surface area contributed by atoms with Gasteiger partial charge in [0.2, 0.25) is 0 Å². The Morgan fingerprint density at radius 2 is 0.853 bits per heavy atom. The Labute approximate surface area is 453 Å². The van der Waals surface area contributed by atoms with Crippen LogP contribution in [-0.2, 0) is 42.9 Å². The summed E-state index contributed by atoms with van der Waals surface area (Å²) in [5, 5.41) is 31.5. The lowest BCUT2D eigenvalue weighted by molar-refractivity contribution is -0.301. The summed E-state index contributed by atoms with van der Waals surface area (Å²) in [4.78, 5) is 51.1. The van der Waals surface area contributed by atoms with E-state index in [1.807, 2.05) is 12.2 Å². The van der Waals surface area contributed by atoms with Crippen LogP contribution in [0.2, 0.25) is 0 Å². The van der Waals surface area contributed by atoms with E-state index in [9.17, 15) is 34.5 Å². The summed E-state index contributed by atoms with van der Waals surface area (Å²) in [5.74, 6) is -3.22. The molecule has 1 aliphatic rings. The number of carbonyl (C=O) groups is 4. The van der Waals surface area contributed by atoms with Crippen molar-refractivity contribution in [2.45, 2.75) is 263 Å². The van der Waals surface area contributed by atoms with Gasteiger partial charge in [-0.25, -0.2) is 4.79 Å². The normalized spacial score (nSPS) is 18.9. The zero-order chi connectivity index (χ0) is 54.7. The molecule has 0 aliphatic carbocycles. The molecule has 0 aromatic carbocycles. The minimum absolute atomic E-state index is 0.0226. The second-order valence-corrected chi connectivity index (χ2v) is 19.5. The number of hydrogen-bond acceptors (Lipinski definition) is 11. The zero-order valence-corrected chi connectivity index (χ0v) is 46.8. The van der Waals surface area contributed by atoms with Crippen LogP contribution in [0.3, 0.4) is 0 Å². The number of carboxylic acid groups (broad SMARTS) is 1. The van der Waals surface area contributed by atoms with Gasteiger partial charge in [0.05, 0.1) is 6.61 Å². The molecular weight excluding hydrogens is 949 g/mol. The van der Waals surface area contributed by atoms with E-state index in [4.69, 9.17) is 23.7 Å². The van der Waals surface area contributed by atoms with Gasteiger partial charge in [0, 0.05) is 19.3 Å². The Morgan fingerprint density at radius 3 is 1.32 bits per heavy atom. The van der Waals surface area contributed by atoms with E-state index >= 15 is 0 Å². The first-order valence-electron chi connectivity index (χ1n) is 29.2. The highest BCUT2D eigenvalue weighted by molar-refractivity contribution is 5.74. The van der Waals surface area contributed by atoms with E-state index in [1.165, 1.54) is 57.8 Å². The molecule has 75 heavy (non-hydrogen) atoms. The second kappa shape index (κ2) is 50.5. The fraction of sp³-hybridized carbons (Fsp3) is 0.683. The molecule has 0 spiro atoms. The second-order valence-electron chi connectivity index (χ2n) is 19.5. The van der Waals surface area contributed by atoms with Gasteiger partial charge in [-0.1, -0.05) is 214 Å². The lowest BCUT2D eigenvalue weighted by Gasteiger charge is -2.40. The minimum Gasteiger partial charge on any atom is -0.479 e. The first-order chi connectivity index (χ1) is 36.6. The molecule has 1 heterocycles. The molecule has 3 N–H and O–H groups in total. The zero-order valence-electron chi connectivity index (χ0n) is 46.8. The molecule has 1 fully saturated rings. The van der Waals surface area contributed by atoms with Crippen LogP contribution in [-0.4, -0.2) is 89.2 Å². The van der Waals surface area contributed by atoms with Crippen LogP contribution in [0.15, 0.2) is 97.2 Å². The van der Waals surface area contributed by atoms with Crippen molar-refractivity contribution in [1.82, 2.24) is 0 Å². The minimum atomic E-state index is -1.93. The number of rotatable bonds is 48. The summed E-state index contributed by atoms with van der Waals surface area (Å²) in [6.45, 7) is 5.72. The quantitative estimate of drug-likeness (QED) is 0.0228. The van der Waals surface area contributed by atoms with Crippen LogP contribution in [0.4, 0.5) is 0 Å². The van der Waals surface area contributed by atoms with Gasteiger partial charge >= 0.3 is 23.9 Å². The van der Waals surface area contributed by atoms with Crippen molar-refractivity contribution in [2.24, 2.45) is 0 Å². The van der Waals surface area contributed by atoms with Crippen LogP contribution in [0.5, 0.6) is 0 Å². The van der Waals surface area contributed by atoms with E-state index in [0.29, 0.717) is 25.7 Å². The number of carboxylic acids is 1. The van der Waals surface area contributed by atoms with E-state index in [-0.39, 0.29) is 25.9 Å². The predicted molar refractivity (Wildman–Crippen MR) is 303 cm³/mol. The molecule has 426 valence electrons. The number of aliphatic carboxylic acids is 1. The number of carbonyl (C=O) groups excluding carboxylic acids is 3. The molecule has 0 aromatic rings. The van der Waals surface area contributed by atoms with Gasteiger partial charge in [-0.15, -0.1) is 0 Å². The van der Waals surface area contributed by atoms with Crippen molar-refractivity contribution in [3.63, 3.8) is 0 Å². The van der Waals surface area contributed by atoms with E-state index < -0.39 is 67.3 Å². The molecule has 0 bridgehead atoms. The monoisotopic (exact) mass is 1050 g/mol. The topological polar surface area (TPSA) is 175 Å². The Morgan fingerprint density at radius 1 is 0.453 bits per heavy atom. The van der Waals surface area contributed by atoms with Gasteiger partial charge in [-0.3, -0.25) is 14.4 Å². The SMILES string of the molecule is CC/C=C\C/C=C\C/C=C\C/C=C\C/C=C\CCCC(=O)OC1C(OCC(COC(=O)CCCCCCC/C=C\C/C=C\C/C=C\CC)OC(=O)CCCCCCCCCCCCCCC)OC(C(=O)O)C(O)C1O. The van der Waals surface area contributed by atoms with Gasteiger partial charge in [-0.2, -0.15) is 0 Å².